The molecule has 82 valence electrons. The Kier molecular flexibility index (Phi) is 5.20. The largest absolute Gasteiger partial charge is 0.382 e. The van der Waals surface area contributed by atoms with Gasteiger partial charge in [-0.15, -0.1) is 6.58 Å². The Morgan fingerprint density at radius 3 is 2.93 bits per heavy atom. The molecule has 3 heteroatoms. The Labute approximate surface area is 105 Å². The first-order valence-corrected chi connectivity index (χ1v) is 6.13. The van der Waals surface area contributed by atoms with Crippen molar-refractivity contribution in [1.82, 2.24) is 0 Å². The van der Waals surface area contributed by atoms with E-state index in [1.807, 2.05) is 24.3 Å². The molecule has 1 aromatic carbocycles. The molecule has 0 radical (unpaired) electrons. The van der Waals surface area contributed by atoms with E-state index in [-0.39, 0.29) is 0 Å². The van der Waals surface area contributed by atoms with Crippen molar-refractivity contribution in [2.45, 2.75) is 25.8 Å². The van der Waals surface area contributed by atoms with Gasteiger partial charge in [-0.1, -0.05) is 17.7 Å². The van der Waals surface area contributed by atoms with E-state index in [1.54, 1.807) is 0 Å². The van der Waals surface area contributed by atoms with Crippen molar-refractivity contribution < 1.29 is 0 Å². The van der Waals surface area contributed by atoms with Gasteiger partial charge in [-0.05, 0) is 53.9 Å². The van der Waals surface area contributed by atoms with Crippen LogP contribution in [-0.4, -0.2) is 6.04 Å². The molecule has 0 saturated carbocycles. The van der Waals surface area contributed by atoms with Crippen LogP contribution in [0, 0.1) is 0 Å². The summed E-state index contributed by atoms with van der Waals surface area (Å²) in [6.07, 6.45) is 4.05. The van der Waals surface area contributed by atoms with E-state index >= 15 is 0 Å². The number of rotatable bonds is 5. The Morgan fingerprint density at radius 1 is 1.60 bits per heavy atom. The summed E-state index contributed by atoms with van der Waals surface area (Å²) in [6.45, 7) is 5.87. The first kappa shape index (κ1) is 12.6. The fraction of sp³-hybridized carbons (Fsp3) is 0.333. The zero-order valence-electron chi connectivity index (χ0n) is 8.76. The monoisotopic (exact) mass is 287 g/mol. The molecule has 1 nitrogen and oxygen atoms in total. The molecule has 1 rings (SSSR count). The average Bonchev–Trinajstić information content (AvgIpc) is 2.19. The Morgan fingerprint density at radius 2 is 2.33 bits per heavy atom. The van der Waals surface area contributed by atoms with Crippen LogP contribution in [0.3, 0.4) is 0 Å². The summed E-state index contributed by atoms with van der Waals surface area (Å²) in [7, 11) is 0. The zero-order valence-corrected chi connectivity index (χ0v) is 11.1. The number of hydrogen-bond donors (Lipinski definition) is 1. The number of halogens is 2. The molecule has 0 fully saturated rings. The quantitative estimate of drug-likeness (QED) is 0.762. The first-order chi connectivity index (χ1) is 7.13. The second-order valence-corrected chi connectivity index (χ2v) is 4.83. The lowest BCUT2D eigenvalue weighted by Crippen LogP contribution is -2.14. The molecule has 0 aliphatic rings. The van der Waals surface area contributed by atoms with Crippen LogP contribution in [0.1, 0.15) is 19.8 Å². The van der Waals surface area contributed by atoms with Gasteiger partial charge < -0.3 is 5.32 Å². The summed E-state index contributed by atoms with van der Waals surface area (Å²) in [4.78, 5) is 0. The van der Waals surface area contributed by atoms with Crippen molar-refractivity contribution in [3.8, 4) is 0 Å². The number of nitrogens with one attached hydrogen (secondary N) is 1. The molecule has 0 amide bonds. The topological polar surface area (TPSA) is 12.0 Å². The third kappa shape index (κ3) is 4.27. The predicted molar refractivity (Wildman–Crippen MR) is 71.7 cm³/mol. The van der Waals surface area contributed by atoms with Crippen LogP contribution in [0.15, 0.2) is 35.3 Å². The summed E-state index contributed by atoms with van der Waals surface area (Å²) in [6, 6.07) is 6.19. The van der Waals surface area contributed by atoms with Gasteiger partial charge in [0.25, 0.3) is 0 Å². The van der Waals surface area contributed by atoms with Crippen molar-refractivity contribution in [1.29, 1.82) is 0 Å². The van der Waals surface area contributed by atoms with E-state index in [4.69, 9.17) is 11.6 Å². The standard InChI is InChI=1S/C12H15BrClN/c1-3-4-5-9(2)15-12-7-6-10(14)8-11(12)13/h3,6-9,15H,1,4-5H2,2H3. The van der Waals surface area contributed by atoms with Gasteiger partial charge >= 0.3 is 0 Å². The van der Waals surface area contributed by atoms with Crippen LogP contribution in [0.2, 0.25) is 5.02 Å². The maximum absolute atomic E-state index is 5.87. The van der Waals surface area contributed by atoms with Crippen molar-refractivity contribution >= 4 is 33.2 Å². The third-order valence-electron chi connectivity index (χ3n) is 2.14. The molecule has 0 aliphatic carbocycles. The minimum absolute atomic E-state index is 0.431. The summed E-state index contributed by atoms with van der Waals surface area (Å²) in [5, 5.41) is 4.16. The van der Waals surface area contributed by atoms with Crippen molar-refractivity contribution in [3.05, 3.63) is 40.3 Å². The summed E-state index contributed by atoms with van der Waals surface area (Å²) >= 11 is 9.34. The van der Waals surface area contributed by atoms with Gasteiger partial charge in [0.2, 0.25) is 0 Å². The molecule has 0 bridgehead atoms. The highest BCUT2D eigenvalue weighted by Crippen LogP contribution is 2.26. The van der Waals surface area contributed by atoms with Crippen LogP contribution in [-0.2, 0) is 0 Å². The van der Waals surface area contributed by atoms with Gasteiger partial charge in [-0.3, -0.25) is 0 Å². The number of allylic oxidation sites excluding steroid dienone is 1. The van der Waals surface area contributed by atoms with E-state index in [0.717, 1.165) is 28.0 Å². The maximum atomic E-state index is 5.87. The summed E-state index contributed by atoms with van der Waals surface area (Å²) < 4.78 is 1.00. The average molecular weight is 289 g/mol. The van der Waals surface area contributed by atoms with E-state index in [2.05, 4.69) is 34.7 Å². The zero-order chi connectivity index (χ0) is 11.3. The summed E-state index contributed by atoms with van der Waals surface area (Å²) in [5.41, 5.74) is 1.08. The lowest BCUT2D eigenvalue weighted by atomic mass is 10.1. The lowest BCUT2D eigenvalue weighted by molar-refractivity contribution is 0.718. The predicted octanol–water partition coefficient (Wildman–Crippen LogP) is 4.87. The van der Waals surface area contributed by atoms with E-state index in [0.29, 0.717) is 6.04 Å². The molecule has 0 aliphatic heterocycles. The van der Waals surface area contributed by atoms with E-state index in [1.165, 1.54) is 0 Å². The van der Waals surface area contributed by atoms with Gasteiger partial charge in [0, 0.05) is 21.2 Å². The molecule has 0 saturated heterocycles. The minimum Gasteiger partial charge on any atom is -0.382 e. The molecule has 0 heterocycles. The van der Waals surface area contributed by atoms with Crippen LogP contribution in [0.5, 0.6) is 0 Å². The van der Waals surface area contributed by atoms with Gasteiger partial charge in [-0.2, -0.15) is 0 Å². The van der Waals surface area contributed by atoms with Gasteiger partial charge in [0.15, 0.2) is 0 Å². The fourth-order valence-electron chi connectivity index (χ4n) is 1.31. The maximum Gasteiger partial charge on any atom is 0.0487 e. The molecule has 1 N–H and O–H groups in total. The Balaban J connectivity index is 2.59. The lowest BCUT2D eigenvalue weighted by Gasteiger charge is -2.15. The second kappa shape index (κ2) is 6.19. The number of hydrogen-bond acceptors (Lipinski definition) is 1. The summed E-state index contributed by atoms with van der Waals surface area (Å²) in [5.74, 6) is 0. The van der Waals surface area contributed by atoms with E-state index < -0.39 is 0 Å². The molecule has 0 aromatic heterocycles. The molecular weight excluding hydrogens is 273 g/mol. The Bertz CT molecular complexity index is 338. The van der Waals surface area contributed by atoms with Crippen molar-refractivity contribution in [3.63, 3.8) is 0 Å². The molecule has 1 atom stereocenters. The SMILES string of the molecule is C=CCCC(C)Nc1ccc(Cl)cc1Br. The molecule has 1 aromatic rings. The van der Waals surface area contributed by atoms with Crippen LogP contribution >= 0.6 is 27.5 Å². The molecular formula is C12H15BrClN. The third-order valence-corrected chi connectivity index (χ3v) is 3.03. The highest BCUT2D eigenvalue weighted by atomic mass is 79.9. The van der Waals surface area contributed by atoms with Gasteiger partial charge in [0.05, 0.1) is 0 Å². The van der Waals surface area contributed by atoms with Gasteiger partial charge in [0.1, 0.15) is 0 Å². The number of benzene rings is 1. The Hall–Kier alpha value is -0.470. The van der Waals surface area contributed by atoms with Crippen LogP contribution in [0.25, 0.3) is 0 Å². The van der Waals surface area contributed by atoms with Crippen LogP contribution in [0.4, 0.5) is 5.69 Å². The van der Waals surface area contributed by atoms with E-state index in [9.17, 15) is 0 Å². The molecule has 0 spiro atoms. The molecule has 1 unspecified atom stereocenters. The normalized spacial score (nSPS) is 12.2. The highest BCUT2D eigenvalue weighted by Gasteiger charge is 2.04. The fourth-order valence-corrected chi connectivity index (χ4v) is 2.11. The van der Waals surface area contributed by atoms with Gasteiger partial charge in [-0.25, -0.2) is 0 Å². The van der Waals surface area contributed by atoms with Crippen LogP contribution < -0.4 is 5.32 Å². The van der Waals surface area contributed by atoms with Crippen molar-refractivity contribution in [2.75, 3.05) is 5.32 Å². The molecule has 15 heavy (non-hydrogen) atoms. The minimum atomic E-state index is 0.431. The number of anilines is 1. The van der Waals surface area contributed by atoms with Crippen molar-refractivity contribution in [2.24, 2.45) is 0 Å². The highest BCUT2D eigenvalue weighted by molar-refractivity contribution is 9.10. The smallest absolute Gasteiger partial charge is 0.0487 e. The first-order valence-electron chi connectivity index (χ1n) is 4.96. The second-order valence-electron chi connectivity index (χ2n) is 3.54.